The molecule has 26 heavy (non-hydrogen) atoms. The largest absolute Gasteiger partial charge is 0.354 e. The fourth-order valence-corrected chi connectivity index (χ4v) is 4.97. The SMILES string of the molecule is CN=C(NCc1cn2ccsc2n1)NCC(c1cccs1)N1CCCC1. The maximum atomic E-state index is 4.61. The normalized spacial score (nSPS) is 17.0. The van der Waals surface area contributed by atoms with Gasteiger partial charge in [0.25, 0.3) is 0 Å². The molecule has 2 N–H and O–H groups in total. The molecule has 138 valence electrons. The lowest BCUT2D eigenvalue weighted by Crippen LogP contribution is -2.42. The Morgan fingerprint density at radius 2 is 2.15 bits per heavy atom. The minimum atomic E-state index is 0.411. The van der Waals surface area contributed by atoms with E-state index in [4.69, 9.17) is 0 Å². The third kappa shape index (κ3) is 3.92. The lowest BCUT2D eigenvalue weighted by atomic mass is 10.2. The predicted molar refractivity (Wildman–Crippen MR) is 109 cm³/mol. The van der Waals surface area contributed by atoms with Gasteiger partial charge in [0.2, 0.25) is 0 Å². The van der Waals surface area contributed by atoms with Gasteiger partial charge in [-0.3, -0.25) is 14.3 Å². The van der Waals surface area contributed by atoms with Crippen molar-refractivity contribution in [1.29, 1.82) is 0 Å². The predicted octanol–water partition coefficient (Wildman–Crippen LogP) is 2.96. The number of guanidine groups is 1. The van der Waals surface area contributed by atoms with Crippen molar-refractivity contribution >= 4 is 33.6 Å². The number of hydrogen-bond acceptors (Lipinski definition) is 5. The van der Waals surface area contributed by atoms with E-state index in [1.807, 2.05) is 30.0 Å². The molecule has 4 heterocycles. The van der Waals surface area contributed by atoms with Crippen LogP contribution in [-0.4, -0.2) is 46.9 Å². The Morgan fingerprint density at radius 1 is 1.27 bits per heavy atom. The van der Waals surface area contributed by atoms with E-state index in [1.54, 1.807) is 11.3 Å². The van der Waals surface area contributed by atoms with Crippen LogP contribution in [0.2, 0.25) is 0 Å². The first-order valence-corrected chi connectivity index (χ1v) is 10.7. The van der Waals surface area contributed by atoms with Crippen molar-refractivity contribution in [3.63, 3.8) is 0 Å². The molecule has 1 aliphatic heterocycles. The first kappa shape index (κ1) is 17.5. The Labute approximate surface area is 161 Å². The summed E-state index contributed by atoms with van der Waals surface area (Å²) in [5.41, 5.74) is 1.02. The maximum absolute atomic E-state index is 4.61. The minimum Gasteiger partial charge on any atom is -0.354 e. The molecule has 8 heteroatoms. The van der Waals surface area contributed by atoms with Crippen LogP contribution in [0.25, 0.3) is 4.96 Å². The van der Waals surface area contributed by atoms with E-state index in [9.17, 15) is 0 Å². The van der Waals surface area contributed by atoms with Crippen molar-refractivity contribution < 1.29 is 0 Å². The second-order valence-corrected chi connectivity index (χ2v) is 8.26. The number of hydrogen-bond donors (Lipinski definition) is 2. The third-order valence-corrected chi connectivity index (χ3v) is 6.46. The molecule has 4 rings (SSSR count). The van der Waals surface area contributed by atoms with E-state index in [0.717, 1.165) is 23.2 Å². The number of likely N-dealkylation sites (tertiary alicyclic amines) is 1. The number of nitrogens with zero attached hydrogens (tertiary/aromatic N) is 4. The molecular weight excluding hydrogens is 364 g/mol. The van der Waals surface area contributed by atoms with Crippen molar-refractivity contribution in [2.45, 2.75) is 25.4 Å². The van der Waals surface area contributed by atoms with Gasteiger partial charge in [0.05, 0.1) is 18.3 Å². The third-order valence-electron chi connectivity index (χ3n) is 4.72. The standard InChI is InChI=1S/C18H24N6S2/c1-19-17(20-11-14-13-24-8-10-26-18(24)22-14)21-12-15(16-5-4-9-25-16)23-6-2-3-7-23/h4-5,8-10,13,15H,2-3,6-7,11-12H2,1H3,(H2,19,20,21). The Kier molecular flexibility index (Phi) is 5.52. The number of fused-ring (bicyclic) bond motifs is 1. The summed E-state index contributed by atoms with van der Waals surface area (Å²) in [6.45, 7) is 3.89. The van der Waals surface area contributed by atoms with Crippen molar-refractivity contribution in [3.05, 3.63) is 45.9 Å². The van der Waals surface area contributed by atoms with Gasteiger partial charge in [-0.15, -0.1) is 22.7 Å². The van der Waals surface area contributed by atoms with Crippen LogP contribution in [0.4, 0.5) is 0 Å². The van der Waals surface area contributed by atoms with E-state index in [1.165, 1.54) is 30.8 Å². The smallest absolute Gasteiger partial charge is 0.193 e. The molecular formula is C18H24N6S2. The number of thiazole rings is 1. The van der Waals surface area contributed by atoms with Gasteiger partial charge in [-0.05, 0) is 37.4 Å². The zero-order chi connectivity index (χ0) is 17.8. The van der Waals surface area contributed by atoms with Crippen molar-refractivity contribution in [2.24, 2.45) is 4.99 Å². The first-order chi connectivity index (χ1) is 12.8. The summed E-state index contributed by atoms with van der Waals surface area (Å²) in [5.74, 6) is 0.821. The van der Waals surface area contributed by atoms with E-state index < -0.39 is 0 Å². The van der Waals surface area contributed by atoms with Crippen LogP contribution in [0.5, 0.6) is 0 Å². The summed E-state index contributed by atoms with van der Waals surface area (Å²) in [6, 6.07) is 4.79. The molecule has 1 unspecified atom stereocenters. The number of aromatic nitrogens is 2. The minimum absolute atomic E-state index is 0.411. The van der Waals surface area contributed by atoms with Crippen molar-refractivity contribution in [1.82, 2.24) is 24.9 Å². The molecule has 0 aliphatic carbocycles. The fourth-order valence-electron chi connectivity index (χ4n) is 3.39. The lowest BCUT2D eigenvalue weighted by molar-refractivity contribution is 0.249. The average molecular weight is 389 g/mol. The van der Waals surface area contributed by atoms with Crippen LogP contribution in [0.15, 0.2) is 40.3 Å². The number of rotatable bonds is 6. The maximum Gasteiger partial charge on any atom is 0.193 e. The summed E-state index contributed by atoms with van der Waals surface area (Å²) in [5, 5.41) is 11.1. The van der Waals surface area contributed by atoms with E-state index in [2.05, 4.69) is 53.6 Å². The van der Waals surface area contributed by atoms with Crippen LogP contribution in [0, 0.1) is 0 Å². The summed E-state index contributed by atoms with van der Waals surface area (Å²) in [4.78, 5) is 14.0. The molecule has 3 aromatic rings. The van der Waals surface area contributed by atoms with Crippen molar-refractivity contribution in [3.8, 4) is 0 Å². The molecule has 1 fully saturated rings. The molecule has 0 aromatic carbocycles. The molecule has 0 radical (unpaired) electrons. The topological polar surface area (TPSA) is 57.0 Å². The zero-order valence-corrected chi connectivity index (χ0v) is 16.5. The summed E-state index contributed by atoms with van der Waals surface area (Å²) >= 11 is 3.49. The molecule has 1 atom stereocenters. The molecule has 0 bridgehead atoms. The lowest BCUT2D eigenvalue weighted by Gasteiger charge is -2.27. The first-order valence-electron chi connectivity index (χ1n) is 8.96. The van der Waals surface area contributed by atoms with Crippen LogP contribution < -0.4 is 10.6 Å². The fraction of sp³-hybridized carbons (Fsp3) is 0.444. The van der Waals surface area contributed by atoms with Gasteiger partial charge in [-0.1, -0.05) is 6.07 Å². The Hall–Kier alpha value is -1.90. The van der Waals surface area contributed by atoms with Gasteiger partial charge in [0, 0.05) is 36.2 Å². The Morgan fingerprint density at radius 3 is 2.88 bits per heavy atom. The summed E-state index contributed by atoms with van der Waals surface area (Å²) in [6.07, 6.45) is 6.69. The van der Waals surface area contributed by atoms with E-state index in [-0.39, 0.29) is 0 Å². The number of imidazole rings is 1. The van der Waals surface area contributed by atoms with Gasteiger partial charge in [0.1, 0.15) is 0 Å². The molecule has 0 spiro atoms. The summed E-state index contributed by atoms with van der Waals surface area (Å²) in [7, 11) is 1.82. The zero-order valence-electron chi connectivity index (χ0n) is 14.9. The Bertz CT molecular complexity index is 816. The molecule has 0 amide bonds. The highest BCUT2D eigenvalue weighted by Gasteiger charge is 2.24. The van der Waals surface area contributed by atoms with E-state index in [0.29, 0.717) is 12.6 Å². The van der Waals surface area contributed by atoms with Gasteiger partial charge in [0.15, 0.2) is 10.9 Å². The van der Waals surface area contributed by atoms with Gasteiger partial charge >= 0.3 is 0 Å². The highest BCUT2D eigenvalue weighted by atomic mass is 32.1. The van der Waals surface area contributed by atoms with Gasteiger partial charge in [-0.2, -0.15) is 0 Å². The van der Waals surface area contributed by atoms with Crippen LogP contribution in [0.1, 0.15) is 29.5 Å². The van der Waals surface area contributed by atoms with Crippen molar-refractivity contribution in [2.75, 3.05) is 26.7 Å². The molecule has 3 aromatic heterocycles. The number of thiophene rings is 1. The molecule has 1 aliphatic rings. The molecule has 6 nitrogen and oxygen atoms in total. The van der Waals surface area contributed by atoms with Gasteiger partial charge in [-0.25, -0.2) is 4.98 Å². The van der Waals surface area contributed by atoms with Gasteiger partial charge < -0.3 is 10.6 Å². The number of nitrogens with one attached hydrogen (secondary N) is 2. The van der Waals surface area contributed by atoms with Crippen LogP contribution >= 0.6 is 22.7 Å². The Balaban J connectivity index is 1.35. The average Bonchev–Trinajstić information content (AvgIpc) is 3.43. The highest BCUT2D eigenvalue weighted by Crippen LogP contribution is 2.27. The molecule has 1 saturated heterocycles. The quantitative estimate of drug-likeness (QED) is 0.504. The second-order valence-electron chi connectivity index (χ2n) is 6.41. The monoisotopic (exact) mass is 388 g/mol. The van der Waals surface area contributed by atoms with Crippen LogP contribution in [0.3, 0.4) is 0 Å². The molecule has 0 saturated carbocycles. The summed E-state index contributed by atoms with van der Waals surface area (Å²) < 4.78 is 2.05. The number of aliphatic imine (C=N–C) groups is 1. The highest BCUT2D eigenvalue weighted by molar-refractivity contribution is 7.15. The van der Waals surface area contributed by atoms with Crippen LogP contribution in [-0.2, 0) is 6.54 Å². The van der Waals surface area contributed by atoms with E-state index >= 15 is 0 Å². The second kappa shape index (κ2) is 8.20.